The number of nitrogens with one attached hydrogen (secondary N) is 1. The zero-order chi connectivity index (χ0) is 14.4. The van der Waals surface area contributed by atoms with Crippen LogP contribution >= 0.6 is 0 Å². The molecule has 1 aliphatic carbocycles. The monoisotopic (exact) mass is 276 g/mol. The quantitative estimate of drug-likeness (QED) is 0.856. The molecule has 0 aromatic heterocycles. The highest BCUT2D eigenvalue weighted by Gasteiger charge is 2.30. The summed E-state index contributed by atoms with van der Waals surface area (Å²) >= 11 is 0. The van der Waals surface area contributed by atoms with Gasteiger partial charge in [-0.1, -0.05) is 20.3 Å². The van der Waals surface area contributed by atoms with Crippen LogP contribution in [0.5, 0.6) is 5.75 Å². The van der Waals surface area contributed by atoms with Crippen LogP contribution in [-0.2, 0) is 0 Å². The van der Waals surface area contributed by atoms with E-state index in [1.54, 1.807) is 0 Å². The summed E-state index contributed by atoms with van der Waals surface area (Å²) in [7, 11) is 1.94. The lowest BCUT2D eigenvalue weighted by Gasteiger charge is -2.39. The molecule has 0 spiro atoms. The highest BCUT2D eigenvalue weighted by Crippen LogP contribution is 2.27. The minimum atomic E-state index is 0.337. The maximum Gasteiger partial charge on any atom is 0.119 e. The van der Waals surface area contributed by atoms with Crippen molar-refractivity contribution in [3.63, 3.8) is 0 Å². The molecular weight excluding hydrogens is 248 g/mol. The number of benzene rings is 1. The average molecular weight is 276 g/mol. The van der Waals surface area contributed by atoms with Crippen molar-refractivity contribution in [2.75, 3.05) is 25.5 Å². The summed E-state index contributed by atoms with van der Waals surface area (Å²) in [6, 6.07) is 8.86. The van der Waals surface area contributed by atoms with Crippen LogP contribution in [0.25, 0.3) is 0 Å². The Hall–Kier alpha value is -1.22. The minimum absolute atomic E-state index is 0.337. The van der Waals surface area contributed by atoms with Crippen molar-refractivity contribution in [2.45, 2.75) is 51.7 Å². The Balaban J connectivity index is 2.03. The highest BCUT2D eigenvalue weighted by atomic mass is 16.5. The first-order valence-electron chi connectivity index (χ1n) is 7.97. The molecule has 2 rings (SSSR count). The Labute approximate surface area is 123 Å². The van der Waals surface area contributed by atoms with E-state index in [-0.39, 0.29) is 0 Å². The third-order valence-electron chi connectivity index (χ3n) is 4.38. The fourth-order valence-corrected chi connectivity index (χ4v) is 3.20. The van der Waals surface area contributed by atoms with E-state index < -0.39 is 0 Å². The van der Waals surface area contributed by atoms with Gasteiger partial charge in [-0.25, -0.2) is 0 Å². The molecule has 1 fully saturated rings. The summed E-state index contributed by atoms with van der Waals surface area (Å²) in [5.74, 6) is 0.994. The van der Waals surface area contributed by atoms with Crippen molar-refractivity contribution >= 4 is 5.69 Å². The number of nitrogens with zero attached hydrogens (tertiary/aromatic N) is 1. The van der Waals surface area contributed by atoms with E-state index >= 15 is 0 Å². The molecule has 3 heteroatoms. The second-order valence-corrected chi connectivity index (χ2v) is 5.50. The van der Waals surface area contributed by atoms with Gasteiger partial charge in [-0.15, -0.1) is 0 Å². The number of hydrogen-bond acceptors (Lipinski definition) is 3. The summed E-state index contributed by atoms with van der Waals surface area (Å²) in [4.78, 5) is 2.55. The third kappa shape index (κ3) is 3.66. The van der Waals surface area contributed by atoms with E-state index in [0.29, 0.717) is 12.1 Å². The van der Waals surface area contributed by atoms with Crippen LogP contribution in [0, 0.1) is 0 Å². The molecule has 1 aliphatic rings. The lowest BCUT2D eigenvalue weighted by molar-refractivity contribution is 0.0413. The number of rotatable bonds is 6. The Morgan fingerprint density at radius 2 is 1.75 bits per heavy atom. The molecule has 3 nitrogen and oxygen atoms in total. The Morgan fingerprint density at radius 1 is 1.10 bits per heavy atom. The Morgan fingerprint density at radius 3 is 2.35 bits per heavy atom. The van der Waals surface area contributed by atoms with Gasteiger partial charge in [0.1, 0.15) is 11.9 Å². The largest absolute Gasteiger partial charge is 0.489 e. The normalized spacial score (nSPS) is 22.8. The first-order chi connectivity index (χ1) is 9.78. The van der Waals surface area contributed by atoms with Gasteiger partial charge in [0.15, 0.2) is 0 Å². The topological polar surface area (TPSA) is 24.5 Å². The van der Waals surface area contributed by atoms with Crippen LogP contribution < -0.4 is 10.1 Å². The van der Waals surface area contributed by atoms with Crippen LogP contribution in [0.2, 0.25) is 0 Å². The summed E-state index contributed by atoms with van der Waals surface area (Å²) in [5.41, 5.74) is 1.13. The van der Waals surface area contributed by atoms with Gasteiger partial charge in [-0.05, 0) is 56.6 Å². The number of likely N-dealkylation sites (N-methyl/N-ethyl adjacent to an activating group) is 1. The van der Waals surface area contributed by atoms with Crippen molar-refractivity contribution in [1.29, 1.82) is 0 Å². The number of anilines is 1. The summed E-state index contributed by atoms with van der Waals surface area (Å²) in [5, 5.41) is 3.14. The van der Waals surface area contributed by atoms with E-state index in [2.05, 4.69) is 48.3 Å². The van der Waals surface area contributed by atoms with Gasteiger partial charge in [0.25, 0.3) is 0 Å². The molecule has 1 aromatic carbocycles. The molecule has 0 bridgehead atoms. The molecule has 1 aromatic rings. The van der Waals surface area contributed by atoms with Crippen LogP contribution in [0.1, 0.15) is 39.5 Å². The van der Waals surface area contributed by atoms with Crippen molar-refractivity contribution in [3.8, 4) is 5.75 Å². The second kappa shape index (κ2) is 7.53. The van der Waals surface area contributed by atoms with Crippen LogP contribution in [0.3, 0.4) is 0 Å². The molecule has 0 saturated heterocycles. The zero-order valence-corrected chi connectivity index (χ0v) is 13.1. The Kier molecular flexibility index (Phi) is 5.72. The first-order valence-corrected chi connectivity index (χ1v) is 7.97. The van der Waals surface area contributed by atoms with Crippen LogP contribution in [0.4, 0.5) is 5.69 Å². The lowest BCUT2D eigenvalue weighted by Crippen LogP contribution is -2.47. The maximum atomic E-state index is 6.28. The molecule has 0 aliphatic heterocycles. The Bertz CT molecular complexity index is 386. The smallest absolute Gasteiger partial charge is 0.119 e. The summed E-state index contributed by atoms with van der Waals surface area (Å²) < 4.78 is 6.28. The highest BCUT2D eigenvalue weighted by molar-refractivity contribution is 5.45. The van der Waals surface area contributed by atoms with Gasteiger partial charge < -0.3 is 10.1 Å². The van der Waals surface area contributed by atoms with Gasteiger partial charge >= 0.3 is 0 Å². The fourth-order valence-electron chi connectivity index (χ4n) is 3.20. The zero-order valence-electron chi connectivity index (χ0n) is 13.1. The first kappa shape index (κ1) is 15.2. The summed E-state index contributed by atoms with van der Waals surface area (Å²) in [6.07, 6.45) is 5.40. The third-order valence-corrected chi connectivity index (χ3v) is 4.38. The van der Waals surface area contributed by atoms with Crippen LogP contribution in [-0.4, -0.2) is 37.2 Å². The average Bonchev–Trinajstić information content (AvgIpc) is 2.51. The van der Waals surface area contributed by atoms with Gasteiger partial charge in [0.05, 0.1) is 0 Å². The lowest BCUT2D eigenvalue weighted by atomic mass is 9.91. The molecular formula is C17H28N2O. The maximum absolute atomic E-state index is 6.28. The molecule has 1 saturated carbocycles. The standard InChI is InChI=1S/C17H28N2O/c1-4-19(5-2)16-8-6-7-9-17(16)20-15-12-10-14(18-3)11-13-15/h10-13,16-18H,4-9H2,1-3H3. The summed E-state index contributed by atoms with van der Waals surface area (Å²) in [6.45, 7) is 6.72. The van der Waals surface area contributed by atoms with E-state index in [9.17, 15) is 0 Å². The molecule has 0 amide bonds. The van der Waals surface area contributed by atoms with E-state index in [1.807, 2.05) is 7.05 Å². The molecule has 2 atom stereocenters. The van der Waals surface area contributed by atoms with Gasteiger partial charge in [-0.2, -0.15) is 0 Å². The van der Waals surface area contributed by atoms with Crippen molar-refractivity contribution in [2.24, 2.45) is 0 Å². The van der Waals surface area contributed by atoms with Crippen molar-refractivity contribution in [1.82, 2.24) is 4.90 Å². The van der Waals surface area contributed by atoms with Crippen LogP contribution in [0.15, 0.2) is 24.3 Å². The molecule has 2 unspecified atom stereocenters. The number of hydrogen-bond donors (Lipinski definition) is 1. The molecule has 112 valence electrons. The van der Waals surface area contributed by atoms with Gasteiger partial charge in [0.2, 0.25) is 0 Å². The fraction of sp³-hybridized carbons (Fsp3) is 0.647. The molecule has 0 radical (unpaired) electrons. The predicted molar refractivity (Wildman–Crippen MR) is 85.6 cm³/mol. The van der Waals surface area contributed by atoms with Gasteiger partial charge in [-0.3, -0.25) is 4.90 Å². The van der Waals surface area contributed by atoms with Gasteiger partial charge in [0, 0.05) is 18.8 Å². The van der Waals surface area contributed by atoms with Crippen molar-refractivity contribution in [3.05, 3.63) is 24.3 Å². The second-order valence-electron chi connectivity index (χ2n) is 5.50. The predicted octanol–water partition coefficient (Wildman–Crippen LogP) is 3.76. The molecule has 0 heterocycles. The minimum Gasteiger partial charge on any atom is -0.489 e. The van der Waals surface area contributed by atoms with Crippen molar-refractivity contribution < 1.29 is 4.74 Å². The van der Waals surface area contributed by atoms with E-state index in [1.165, 1.54) is 25.7 Å². The number of ether oxygens (including phenoxy) is 1. The SMILES string of the molecule is CCN(CC)C1CCCCC1Oc1ccc(NC)cc1. The molecule has 1 N–H and O–H groups in total. The van der Waals surface area contributed by atoms with E-state index in [0.717, 1.165) is 24.5 Å². The molecule has 20 heavy (non-hydrogen) atoms. The van der Waals surface area contributed by atoms with E-state index in [4.69, 9.17) is 4.74 Å².